The van der Waals surface area contributed by atoms with E-state index in [1.54, 1.807) is 21.2 Å². The van der Waals surface area contributed by atoms with E-state index in [9.17, 15) is 4.79 Å². The van der Waals surface area contributed by atoms with E-state index in [4.69, 9.17) is 11.6 Å². The second-order valence-electron chi connectivity index (χ2n) is 8.15. The van der Waals surface area contributed by atoms with Gasteiger partial charge in [0.1, 0.15) is 16.5 Å². The van der Waals surface area contributed by atoms with Crippen molar-refractivity contribution in [3.63, 3.8) is 0 Å². The van der Waals surface area contributed by atoms with Gasteiger partial charge in [-0.3, -0.25) is 9.20 Å². The largest absolute Gasteiger partial charge is 0.311 e. The summed E-state index contributed by atoms with van der Waals surface area (Å²) in [5.41, 5.74) is 3.87. The molecular formula is C21H19ClN6O. The van der Waals surface area contributed by atoms with E-state index < -0.39 is 0 Å². The molecule has 1 unspecified atom stereocenters. The first-order valence-corrected chi connectivity index (χ1v) is 10.3. The minimum atomic E-state index is -0.104. The minimum Gasteiger partial charge on any atom is -0.311 e. The van der Waals surface area contributed by atoms with Crippen LogP contribution in [0.1, 0.15) is 37.2 Å². The van der Waals surface area contributed by atoms with Gasteiger partial charge in [0.05, 0.1) is 11.9 Å². The van der Waals surface area contributed by atoms with Crippen molar-refractivity contribution >= 4 is 22.9 Å². The Morgan fingerprint density at radius 2 is 1.93 bits per heavy atom. The summed E-state index contributed by atoms with van der Waals surface area (Å²) >= 11 is 5.94. The maximum Gasteiger partial charge on any atom is 0.258 e. The zero-order valence-electron chi connectivity index (χ0n) is 15.7. The smallest absolute Gasteiger partial charge is 0.258 e. The minimum absolute atomic E-state index is 0.104. The van der Waals surface area contributed by atoms with Crippen molar-refractivity contribution in [2.45, 2.75) is 37.1 Å². The summed E-state index contributed by atoms with van der Waals surface area (Å²) in [4.78, 5) is 21.7. The SMILES string of the molecule is O=c1cc(-c2ccc3nc(Cl)cn3n2)nc2ccc(C3CCNC4(CC4)C3)cn12. The van der Waals surface area contributed by atoms with Crippen LogP contribution < -0.4 is 10.9 Å². The standard InChI is InChI=1S/C21H19ClN6O/c22-17-12-28-19(25-17)4-2-15(26-28)16-9-20(29)27-11-14(1-3-18(27)24-16)13-5-8-23-21(10-13)6-7-21/h1-4,9,11-13,23H,5-8,10H2. The molecule has 0 bridgehead atoms. The molecule has 2 fully saturated rings. The van der Waals surface area contributed by atoms with Crippen LogP contribution in [0.2, 0.25) is 5.15 Å². The fraction of sp³-hybridized carbons (Fsp3) is 0.333. The van der Waals surface area contributed by atoms with Crippen molar-refractivity contribution in [1.29, 1.82) is 0 Å². The average Bonchev–Trinajstić information content (AvgIpc) is 3.35. The Morgan fingerprint density at radius 1 is 1.07 bits per heavy atom. The Hall–Kier alpha value is -2.77. The lowest BCUT2D eigenvalue weighted by atomic mass is 9.86. The van der Waals surface area contributed by atoms with Crippen LogP contribution in [0.4, 0.5) is 0 Å². The number of rotatable bonds is 2. The molecule has 1 saturated heterocycles. The fourth-order valence-electron chi connectivity index (χ4n) is 4.46. The lowest BCUT2D eigenvalue weighted by molar-refractivity contribution is 0.345. The monoisotopic (exact) mass is 406 g/mol. The van der Waals surface area contributed by atoms with Crippen LogP contribution in [-0.4, -0.2) is 36.1 Å². The van der Waals surface area contributed by atoms with Gasteiger partial charge in [-0.15, -0.1) is 0 Å². The number of fused-ring (bicyclic) bond motifs is 2. The lowest BCUT2D eigenvalue weighted by Gasteiger charge is -2.30. The third-order valence-electron chi connectivity index (χ3n) is 6.19. The first kappa shape index (κ1) is 17.1. The van der Waals surface area contributed by atoms with Gasteiger partial charge >= 0.3 is 0 Å². The van der Waals surface area contributed by atoms with Crippen LogP contribution in [0.25, 0.3) is 22.7 Å². The molecular weight excluding hydrogens is 388 g/mol. The summed E-state index contributed by atoms with van der Waals surface area (Å²) in [5, 5.41) is 8.51. The van der Waals surface area contributed by atoms with Crippen molar-refractivity contribution in [1.82, 2.24) is 29.3 Å². The highest BCUT2D eigenvalue weighted by molar-refractivity contribution is 6.29. The number of piperidine rings is 1. The summed E-state index contributed by atoms with van der Waals surface area (Å²) in [6, 6.07) is 9.20. The molecule has 1 spiro atoms. The van der Waals surface area contributed by atoms with Gasteiger partial charge in [0.2, 0.25) is 0 Å². The van der Waals surface area contributed by atoms with Gasteiger partial charge in [0.25, 0.3) is 5.56 Å². The van der Waals surface area contributed by atoms with E-state index in [1.807, 2.05) is 18.3 Å². The average molecular weight is 407 g/mol. The molecule has 4 aromatic rings. The molecule has 0 aromatic carbocycles. The van der Waals surface area contributed by atoms with Gasteiger partial charge in [-0.05, 0) is 61.9 Å². The summed E-state index contributed by atoms with van der Waals surface area (Å²) in [6.07, 6.45) is 8.38. The summed E-state index contributed by atoms with van der Waals surface area (Å²) in [6.45, 7) is 1.04. The van der Waals surface area contributed by atoms with Gasteiger partial charge < -0.3 is 5.32 Å². The Bertz CT molecular complexity index is 1320. The molecule has 0 radical (unpaired) electrons. The highest BCUT2D eigenvalue weighted by Crippen LogP contribution is 2.46. The van der Waals surface area contributed by atoms with Crippen molar-refractivity contribution in [2.75, 3.05) is 6.54 Å². The van der Waals surface area contributed by atoms with Crippen LogP contribution in [0.3, 0.4) is 0 Å². The number of aromatic nitrogens is 5. The fourth-order valence-corrected chi connectivity index (χ4v) is 4.63. The Morgan fingerprint density at radius 3 is 2.79 bits per heavy atom. The van der Waals surface area contributed by atoms with Crippen LogP contribution in [-0.2, 0) is 0 Å². The first-order chi connectivity index (χ1) is 14.1. The Kier molecular flexibility index (Phi) is 3.61. The van der Waals surface area contributed by atoms with Gasteiger partial charge in [0.15, 0.2) is 5.65 Å². The number of hydrogen-bond acceptors (Lipinski definition) is 5. The van der Waals surface area contributed by atoms with Crippen LogP contribution >= 0.6 is 11.6 Å². The van der Waals surface area contributed by atoms with Crippen LogP contribution in [0.5, 0.6) is 0 Å². The number of halogens is 1. The number of imidazole rings is 1. The van der Waals surface area contributed by atoms with Gasteiger partial charge in [0, 0.05) is 17.8 Å². The van der Waals surface area contributed by atoms with Gasteiger partial charge in [-0.2, -0.15) is 5.10 Å². The molecule has 0 amide bonds. The third kappa shape index (κ3) is 2.92. The summed E-state index contributed by atoms with van der Waals surface area (Å²) < 4.78 is 3.24. The molecule has 4 aromatic heterocycles. The van der Waals surface area contributed by atoms with E-state index in [1.165, 1.54) is 24.5 Å². The quantitative estimate of drug-likeness (QED) is 0.553. The van der Waals surface area contributed by atoms with E-state index in [-0.39, 0.29) is 5.56 Å². The van der Waals surface area contributed by atoms with E-state index in [2.05, 4.69) is 26.4 Å². The van der Waals surface area contributed by atoms with Crippen molar-refractivity contribution in [2.24, 2.45) is 0 Å². The normalized spacial score (nSPS) is 20.5. The predicted octanol–water partition coefficient (Wildman–Crippen LogP) is 3.06. The molecule has 8 heteroatoms. The van der Waals surface area contributed by atoms with Gasteiger partial charge in [-0.1, -0.05) is 17.7 Å². The Balaban J connectivity index is 1.40. The molecule has 5 heterocycles. The molecule has 2 aliphatic rings. The second-order valence-corrected chi connectivity index (χ2v) is 8.54. The van der Waals surface area contributed by atoms with Crippen molar-refractivity contribution in [3.05, 3.63) is 63.8 Å². The van der Waals surface area contributed by atoms with E-state index in [0.717, 1.165) is 19.4 Å². The molecule has 29 heavy (non-hydrogen) atoms. The molecule has 7 nitrogen and oxygen atoms in total. The zero-order chi connectivity index (χ0) is 19.6. The zero-order valence-corrected chi connectivity index (χ0v) is 16.4. The summed E-state index contributed by atoms with van der Waals surface area (Å²) in [7, 11) is 0. The third-order valence-corrected chi connectivity index (χ3v) is 6.37. The maximum atomic E-state index is 12.9. The molecule has 1 N–H and O–H groups in total. The molecule has 146 valence electrons. The highest BCUT2D eigenvalue weighted by atomic mass is 35.5. The lowest BCUT2D eigenvalue weighted by Crippen LogP contribution is -2.39. The molecule has 1 aliphatic carbocycles. The number of hydrogen-bond donors (Lipinski definition) is 1. The van der Waals surface area contributed by atoms with Gasteiger partial charge in [-0.25, -0.2) is 14.5 Å². The first-order valence-electron chi connectivity index (χ1n) is 9.89. The molecule has 6 rings (SSSR count). The number of nitrogens with one attached hydrogen (secondary N) is 1. The van der Waals surface area contributed by atoms with Crippen LogP contribution in [0, 0.1) is 0 Å². The predicted molar refractivity (Wildman–Crippen MR) is 110 cm³/mol. The second kappa shape index (κ2) is 6.11. The maximum absolute atomic E-state index is 12.9. The van der Waals surface area contributed by atoms with Crippen molar-refractivity contribution < 1.29 is 0 Å². The highest BCUT2D eigenvalue weighted by Gasteiger charge is 2.46. The molecule has 1 atom stereocenters. The number of pyridine rings is 1. The van der Waals surface area contributed by atoms with E-state index >= 15 is 0 Å². The van der Waals surface area contributed by atoms with E-state index in [0.29, 0.717) is 39.3 Å². The molecule has 1 saturated carbocycles. The van der Waals surface area contributed by atoms with Crippen LogP contribution in [0.15, 0.2) is 47.5 Å². The number of nitrogens with zero attached hydrogens (tertiary/aromatic N) is 5. The van der Waals surface area contributed by atoms with Crippen molar-refractivity contribution in [3.8, 4) is 11.4 Å². The topological polar surface area (TPSA) is 76.6 Å². The Labute approximate surface area is 171 Å². The summed E-state index contributed by atoms with van der Waals surface area (Å²) in [5.74, 6) is 0.491. The molecule has 1 aliphatic heterocycles.